The van der Waals surface area contributed by atoms with Crippen molar-refractivity contribution in [3.05, 3.63) is 42.0 Å². The van der Waals surface area contributed by atoms with E-state index in [1.807, 2.05) is 12.1 Å². The van der Waals surface area contributed by atoms with Crippen LogP contribution >= 0.6 is 0 Å². The monoisotopic (exact) mass is 552 g/mol. The summed E-state index contributed by atoms with van der Waals surface area (Å²) in [5.41, 5.74) is 1.30. The fraction of sp³-hybridized carbons (Fsp3) is 0.714. The van der Waals surface area contributed by atoms with Gasteiger partial charge in [0.2, 0.25) is 0 Å². The number of benzene rings is 1. The highest BCUT2D eigenvalue weighted by molar-refractivity contribution is 5.43. The second-order valence-corrected chi connectivity index (χ2v) is 11.8. The molecule has 4 rings (SSSR count). The van der Waals surface area contributed by atoms with Gasteiger partial charge in [-0.2, -0.15) is 30.7 Å². The molecule has 38 heavy (non-hydrogen) atoms. The number of rotatable bonds is 8. The van der Waals surface area contributed by atoms with Gasteiger partial charge in [0.1, 0.15) is 11.9 Å². The average Bonchev–Trinajstić information content (AvgIpc) is 3.14. The second-order valence-electron chi connectivity index (χ2n) is 11.8. The molecule has 3 N–H and O–H groups in total. The highest BCUT2D eigenvalue weighted by atomic mass is 19.4. The van der Waals surface area contributed by atoms with Gasteiger partial charge in [0.15, 0.2) is 0 Å². The highest BCUT2D eigenvalue weighted by Crippen LogP contribution is 2.69. The number of hydrogen-bond donors (Lipinski definition) is 3. The van der Waals surface area contributed by atoms with Crippen LogP contribution in [0.5, 0.6) is 5.75 Å². The molecule has 0 spiro atoms. The summed E-state index contributed by atoms with van der Waals surface area (Å²) in [6.45, 7) is 6.24. The summed E-state index contributed by atoms with van der Waals surface area (Å²) < 4.78 is 91.8. The maximum absolute atomic E-state index is 13.8. The van der Waals surface area contributed by atoms with E-state index in [1.165, 1.54) is 0 Å². The van der Waals surface area contributed by atoms with Crippen LogP contribution < -0.4 is 0 Å². The van der Waals surface area contributed by atoms with Crippen LogP contribution in [0.3, 0.4) is 0 Å². The summed E-state index contributed by atoms with van der Waals surface area (Å²) in [5, 5.41) is 30.6. The molecule has 0 aromatic heterocycles. The van der Waals surface area contributed by atoms with Crippen LogP contribution in [0, 0.1) is 22.7 Å². The van der Waals surface area contributed by atoms with Crippen LogP contribution in [0.4, 0.5) is 30.7 Å². The zero-order valence-corrected chi connectivity index (χ0v) is 21.3. The number of phenols is 1. The largest absolute Gasteiger partial charge is 0.508 e. The lowest BCUT2D eigenvalue weighted by molar-refractivity contribution is -0.371. The topological polar surface area (TPSA) is 60.7 Å². The molecule has 0 aliphatic heterocycles. The van der Waals surface area contributed by atoms with Crippen LogP contribution in [0.15, 0.2) is 30.9 Å². The van der Waals surface area contributed by atoms with Crippen LogP contribution in [-0.2, 0) is 6.42 Å². The van der Waals surface area contributed by atoms with Gasteiger partial charge in [-0.25, -0.2) is 0 Å². The molecule has 3 aliphatic rings. The standard InChI is InChI=1S/C28H35F7O3/c1-3-25-13-12-16-14-18(36)8-9-19(16)23(25)17(15-24(2)20(25)10-11-21(24)37)6-4-5-7-22(38)26(29,30)27(31,32)28(33,34)35/h3,8-9,14,17,20-23,36-38H,1,4-7,10-13,15H2,2H3/t17-,20+,21-,22-,23+,24-,25-/m0/s1. The fourth-order valence-corrected chi connectivity index (χ4v) is 8.02. The minimum absolute atomic E-state index is 0.0337. The van der Waals surface area contributed by atoms with Gasteiger partial charge in [0.25, 0.3) is 0 Å². The lowest BCUT2D eigenvalue weighted by Crippen LogP contribution is -2.57. The fourth-order valence-electron chi connectivity index (χ4n) is 8.02. The van der Waals surface area contributed by atoms with Gasteiger partial charge < -0.3 is 15.3 Å². The maximum atomic E-state index is 13.8. The van der Waals surface area contributed by atoms with Crippen molar-refractivity contribution in [2.75, 3.05) is 0 Å². The Bertz CT molecular complexity index is 1040. The number of aromatic hydroxyl groups is 1. The molecule has 1 aromatic carbocycles. The molecule has 1 aromatic rings. The Balaban J connectivity index is 1.55. The number of allylic oxidation sites excluding steroid dienone is 1. The first-order valence-electron chi connectivity index (χ1n) is 13.2. The Hall–Kier alpha value is -1.81. The predicted octanol–water partition coefficient (Wildman–Crippen LogP) is 7.15. The summed E-state index contributed by atoms with van der Waals surface area (Å²) in [5.74, 6) is -11.8. The van der Waals surface area contributed by atoms with Crippen molar-refractivity contribution in [2.45, 2.75) is 101 Å². The molecule has 0 bridgehead atoms. The molecular formula is C28H35F7O3. The van der Waals surface area contributed by atoms with E-state index in [1.54, 1.807) is 12.1 Å². The van der Waals surface area contributed by atoms with Crippen molar-refractivity contribution in [1.82, 2.24) is 0 Å². The van der Waals surface area contributed by atoms with Gasteiger partial charge in [-0.1, -0.05) is 31.9 Å². The zero-order valence-electron chi connectivity index (χ0n) is 21.3. The van der Waals surface area contributed by atoms with E-state index in [9.17, 15) is 46.1 Å². The maximum Gasteiger partial charge on any atom is 0.459 e. The molecule has 7 atom stereocenters. The number of hydrogen-bond acceptors (Lipinski definition) is 3. The number of unbranched alkanes of at least 4 members (excludes halogenated alkanes) is 1. The Labute approximate surface area is 217 Å². The number of alkyl halides is 7. The molecule has 3 nitrogen and oxygen atoms in total. The number of aliphatic hydroxyl groups is 2. The normalized spacial score (nSPS) is 34.3. The van der Waals surface area contributed by atoms with Crippen molar-refractivity contribution in [1.29, 1.82) is 0 Å². The lowest BCUT2D eigenvalue weighted by Gasteiger charge is -2.60. The molecule has 0 saturated heterocycles. The zero-order chi connectivity index (χ0) is 28.3. The van der Waals surface area contributed by atoms with Gasteiger partial charge in [0.05, 0.1) is 6.10 Å². The lowest BCUT2D eigenvalue weighted by atomic mass is 9.44. The predicted molar refractivity (Wildman–Crippen MR) is 127 cm³/mol. The molecule has 214 valence electrons. The Morgan fingerprint density at radius 2 is 1.79 bits per heavy atom. The molecular weight excluding hydrogens is 517 g/mol. The molecule has 2 fully saturated rings. The first kappa shape index (κ1) is 29.2. The van der Waals surface area contributed by atoms with Gasteiger partial charge in [-0.05, 0) is 96.8 Å². The Kier molecular flexibility index (Phi) is 7.43. The minimum atomic E-state index is -6.48. The van der Waals surface area contributed by atoms with Crippen molar-refractivity contribution >= 4 is 0 Å². The van der Waals surface area contributed by atoms with Gasteiger partial charge in [-0.15, -0.1) is 6.58 Å². The van der Waals surface area contributed by atoms with E-state index in [2.05, 4.69) is 13.5 Å². The van der Waals surface area contributed by atoms with E-state index in [0.717, 1.165) is 30.4 Å². The van der Waals surface area contributed by atoms with E-state index in [-0.39, 0.29) is 41.8 Å². The SMILES string of the molecule is C=C[C@@]12CCc3cc(O)ccc3[C@H]1[C@@H](CCCC[C@H](O)C(F)(F)C(F)(F)C(F)(F)F)C[C@@]1(C)[C@H]2CC[C@@H]1O. The molecule has 10 heteroatoms. The van der Waals surface area contributed by atoms with E-state index in [0.29, 0.717) is 19.3 Å². The first-order valence-corrected chi connectivity index (χ1v) is 13.2. The molecule has 0 unspecified atom stereocenters. The summed E-state index contributed by atoms with van der Waals surface area (Å²) in [4.78, 5) is 0. The van der Waals surface area contributed by atoms with Crippen molar-refractivity contribution in [3.63, 3.8) is 0 Å². The molecule has 2 saturated carbocycles. The number of aliphatic hydroxyl groups excluding tert-OH is 2. The van der Waals surface area contributed by atoms with Crippen molar-refractivity contribution < 1.29 is 46.1 Å². The Morgan fingerprint density at radius 3 is 2.42 bits per heavy atom. The third-order valence-corrected chi connectivity index (χ3v) is 9.85. The van der Waals surface area contributed by atoms with Gasteiger partial charge in [-0.3, -0.25) is 0 Å². The van der Waals surface area contributed by atoms with Crippen molar-refractivity contribution in [2.24, 2.45) is 22.7 Å². The molecule has 3 aliphatic carbocycles. The van der Waals surface area contributed by atoms with Crippen LogP contribution in [0.2, 0.25) is 0 Å². The quantitative estimate of drug-likeness (QED) is 0.182. The van der Waals surface area contributed by atoms with E-state index < -0.39 is 42.1 Å². The number of phenolic OH excluding ortho intramolecular Hbond substituents is 1. The number of aryl methyl sites for hydroxylation is 1. The van der Waals surface area contributed by atoms with Gasteiger partial charge >= 0.3 is 18.0 Å². The van der Waals surface area contributed by atoms with E-state index >= 15 is 0 Å². The summed E-state index contributed by atoms with van der Waals surface area (Å²) in [6.07, 6.45) is -4.99. The first-order chi connectivity index (χ1) is 17.5. The highest BCUT2D eigenvalue weighted by Gasteiger charge is 2.75. The number of fused-ring (bicyclic) bond motifs is 5. The summed E-state index contributed by atoms with van der Waals surface area (Å²) in [7, 11) is 0. The molecule has 0 radical (unpaired) electrons. The average molecular weight is 553 g/mol. The molecule has 0 heterocycles. The number of halogens is 7. The summed E-state index contributed by atoms with van der Waals surface area (Å²) >= 11 is 0. The summed E-state index contributed by atoms with van der Waals surface area (Å²) in [6, 6.07) is 5.24. The van der Waals surface area contributed by atoms with Crippen LogP contribution in [-0.4, -0.2) is 45.5 Å². The van der Waals surface area contributed by atoms with Crippen LogP contribution in [0.25, 0.3) is 0 Å². The third kappa shape index (κ3) is 4.34. The van der Waals surface area contributed by atoms with Crippen LogP contribution in [0.1, 0.15) is 75.3 Å². The second kappa shape index (κ2) is 9.68. The third-order valence-electron chi connectivity index (χ3n) is 9.85. The van der Waals surface area contributed by atoms with E-state index in [4.69, 9.17) is 0 Å². The molecule has 0 amide bonds. The minimum Gasteiger partial charge on any atom is -0.508 e. The van der Waals surface area contributed by atoms with Crippen molar-refractivity contribution in [3.8, 4) is 5.75 Å². The Morgan fingerprint density at radius 1 is 1.11 bits per heavy atom. The smallest absolute Gasteiger partial charge is 0.459 e. The van der Waals surface area contributed by atoms with Gasteiger partial charge in [0, 0.05) is 0 Å².